The number of aromatic hydroxyl groups is 1. The summed E-state index contributed by atoms with van der Waals surface area (Å²) in [5.41, 5.74) is -0.355. The first kappa shape index (κ1) is 10.7. The van der Waals surface area contributed by atoms with Gasteiger partial charge in [-0.1, -0.05) is 6.07 Å². The van der Waals surface area contributed by atoms with Crippen molar-refractivity contribution in [1.82, 2.24) is 0 Å². The van der Waals surface area contributed by atoms with Crippen LogP contribution in [0.4, 0.5) is 0 Å². The highest BCUT2D eigenvalue weighted by molar-refractivity contribution is 5.50. The highest BCUT2D eigenvalue weighted by atomic mass is 16.5. The summed E-state index contributed by atoms with van der Waals surface area (Å²) in [4.78, 5) is 0. The average Bonchev–Trinajstić information content (AvgIpc) is 2.06. The highest BCUT2D eigenvalue weighted by Crippen LogP contribution is 2.38. The van der Waals surface area contributed by atoms with Crippen molar-refractivity contribution in [2.45, 2.75) is 26.4 Å². The van der Waals surface area contributed by atoms with Crippen LogP contribution in [0.1, 0.15) is 20.8 Å². The number of rotatable bonds is 2. The number of methoxy groups -OCH3 is 1. The van der Waals surface area contributed by atoms with Gasteiger partial charge < -0.3 is 14.6 Å². The molecular formula is C11H16O3. The fraction of sp³-hybridized carbons (Fsp3) is 0.455. The lowest BCUT2D eigenvalue weighted by Gasteiger charge is -2.23. The second-order valence-corrected chi connectivity index (χ2v) is 4.02. The molecule has 3 nitrogen and oxygen atoms in total. The normalized spacial score (nSPS) is 11.1. The van der Waals surface area contributed by atoms with Crippen molar-refractivity contribution in [2.24, 2.45) is 0 Å². The van der Waals surface area contributed by atoms with Crippen molar-refractivity contribution in [3.8, 4) is 17.2 Å². The molecule has 0 heterocycles. The molecule has 0 radical (unpaired) electrons. The Morgan fingerprint density at radius 3 is 2.36 bits per heavy atom. The number of hydrogen-bond acceptors (Lipinski definition) is 3. The number of phenolic OH excluding ortho intramolecular Hbond substituents is 1. The molecule has 0 amide bonds. The lowest BCUT2D eigenvalue weighted by Crippen LogP contribution is -2.23. The van der Waals surface area contributed by atoms with Gasteiger partial charge in [0.05, 0.1) is 7.11 Å². The molecule has 0 aliphatic heterocycles. The molecule has 1 aromatic carbocycles. The van der Waals surface area contributed by atoms with E-state index >= 15 is 0 Å². The van der Waals surface area contributed by atoms with Gasteiger partial charge in [-0.3, -0.25) is 0 Å². The molecule has 0 atom stereocenters. The summed E-state index contributed by atoms with van der Waals surface area (Å²) in [6.07, 6.45) is 0. The average molecular weight is 196 g/mol. The maximum absolute atomic E-state index is 9.58. The summed E-state index contributed by atoms with van der Waals surface area (Å²) < 4.78 is 10.7. The lowest BCUT2D eigenvalue weighted by atomic mass is 10.2. The minimum atomic E-state index is -0.355. The van der Waals surface area contributed by atoms with Gasteiger partial charge in [0, 0.05) is 0 Å². The molecular weight excluding hydrogens is 180 g/mol. The number of ether oxygens (including phenoxy) is 2. The molecule has 14 heavy (non-hydrogen) atoms. The minimum absolute atomic E-state index is 0.0966. The van der Waals surface area contributed by atoms with Crippen molar-refractivity contribution in [3.05, 3.63) is 18.2 Å². The van der Waals surface area contributed by atoms with Crippen molar-refractivity contribution in [3.63, 3.8) is 0 Å². The van der Waals surface area contributed by atoms with E-state index in [9.17, 15) is 5.11 Å². The molecule has 1 N–H and O–H groups in total. The Morgan fingerprint density at radius 1 is 1.21 bits per heavy atom. The largest absolute Gasteiger partial charge is 0.504 e. The topological polar surface area (TPSA) is 38.7 Å². The lowest BCUT2D eigenvalue weighted by molar-refractivity contribution is 0.120. The van der Waals surface area contributed by atoms with E-state index in [1.165, 1.54) is 0 Å². The first-order valence-corrected chi connectivity index (χ1v) is 4.49. The Balaban J connectivity index is 3.05. The Kier molecular flexibility index (Phi) is 2.89. The molecule has 78 valence electrons. The molecule has 0 bridgehead atoms. The second-order valence-electron chi connectivity index (χ2n) is 4.02. The molecule has 0 saturated heterocycles. The van der Waals surface area contributed by atoms with Gasteiger partial charge in [0.2, 0.25) is 5.75 Å². The van der Waals surface area contributed by atoms with E-state index in [1.807, 2.05) is 20.8 Å². The van der Waals surface area contributed by atoms with Crippen molar-refractivity contribution in [1.29, 1.82) is 0 Å². The van der Waals surface area contributed by atoms with Crippen LogP contribution in [0.15, 0.2) is 18.2 Å². The predicted molar refractivity (Wildman–Crippen MR) is 55.0 cm³/mol. The van der Waals surface area contributed by atoms with Crippen LogP contribution in [-0.4, -0.2) is 17.8 Å². The third kappa shape index (κ3) is 2.55. The molecule has 0 aromatic heterocycles. The maximum Gasteiger partial charge on any atom is 0.203 e. The van der Waals surface area contributed by atoms with Crippen LogP contribution in [0.5, 0.6) is 17.2 Å². The summed E-state index contributed by atoms with van der Waals surface area (Å²) in [6.45, 7) is 5.75. The van der Waals surface area contributed by atoms with Crippen molar-refractivity contribution in [2.75, 3.05) is 7.11 Å². The zero-order valence-corrected chi connectivity index (χ0v) is 9.00. The van der Waals surface area contributed by atoms with E-state index in [1.54, 1.807) is 25.3 Å². The monoisotopic (exact) mass is 196 g/mol. The summed E-state index contributed by atoms with van der Waals surface area (Å²) in [5.74, 6) is 1.03. The predicted octanol–water partition coefficient (Wildman–Crippen LogP) is 2.58. The van der Waals surface area contributed by atoms with Gasteiger partial charge in [-0.25, -0.2) is 0 Å². The van der Waals surface area contributed by atoms with Gasteiger partial charge >= 0.3 is 0 Å². The smallest absolute Gasteiger partial charge is 0.203 e. The molecule has 0 spiro atoms. The van der Waals surface area contributed by atoms with Crippen LogP contribution in [-0.2, 0) is 0 Å². The van der Waals surface area contributed by atoms with E-state index in [0.29, 0.717) is 11.5 Å². The summed E-state index contributed by atoms with van der Waals surface area (Å²) >= 11 is 0. The number of benzene rings is 1. The molecule has 0 fully saturated rings. The fourth-order valence-corrected chi connectivity index (χ4v) is 1.07. The van der Waals surface area contributed by atoms with Crippen LogP contribution in [0.25, 0.3) is 0 Å². The molecule has 1 aromatic rings. The summed E-state index contributed by atoms with van der Waals surface area (Å²) in [6, 6.07) is 5.04. The second kappa shape index (κ2) is 3.78. The fourth-order valence-electron chi connectivity index (χ4n) is 1.07. The van der Waals surface area contributed by atoms with Crippen LogP contribution in [0.2, 0.25) is 0 Å². The van der Waals surface area contributed by atoms with Gasteiger partial charge in [0.1, 0.15) is 5.60 Å². The Bertz CT molecular complexity index is 313. The molecule has 0 aliphatic rings. The van der Waals surface area contributed by atoms with Gasteiger partial charge in [0.15, 0.2) is 11.5 Å². The van der Waals surface area contributed by atoms with Gasteiger partial charge in [-0.2, -0.15) is 0 Å². The molecule has 3 heteroatoms. The van der Waals surface area contributed by atoms with E-state index in [4.69, 9.17) is 9.47 Å². The van der Waals surface area contributed by atoms with E-state index in [-0.39, 0.29) is 11.4 Å². The molecule has 0 saturated carbocycles. The standard InChI is InChI=1S/C11H16O3/c1-11(2,3)14-10-8(12)6-5-7-9(10)13-4/h5-7,12H,1-4H3. The summed E-state index contributed by atoms with van der Waals surface area (Å²) in [5, 5.41) is 9.58. The van der Waals surface area contributed by atoms with Gasteiger partial charge in [0.25, 0.3) is 0 Å². The third-order valence-electron chi connectivity index (χ3n) is 1.59. The van der Waals surface area contributed by atoms with Crippen LogP contribution < -0.4 is 9.47 Å². The number of para-hydroxylation sites is 1. The highest BCUT2D eigenvalue weighted by Gasteiger charge is 2.18. The van der Waals surface area contributed by atoms with Crippen molar-refractivity contribution < 1.29 is 14.6 Å². The zero-order chi connectivity index (χ0) is 10.8. The molecule has 1 rings (SSSR count). The van der Waals surface area contributed by atoms with E-state index in [2.05, 4.69) is 0 Å². The maximum atomic E-state index is 9.58. The first-order chi connectivity index (χ1) is 6.44. The SMILES string of the molecule is COc1cccc(O)c1OC(C)(C)C. The Morgan fingerprint density at radius 2 is 1.86 bits per heavy atom. The van der Waals surface area contributed by atoms with Crippen LogP contribution in [0.3, 0.4) is 0 Å². The Labute approximate surface area is 84.3 Å². The van der Waals surface area contributed by atoms with E-state index < -0.39 is 0 Å². The minimum Gasteiger partial charge on any atom is -0.504 e. The first-order valence-electron chi connectivity index (χ1n) is 4.49. The van der Waals surface area contributed by atoms with Crippen molar-refractivity contribution >= 4 is 0 Å². The van der Waals surface area contributed by atoms with Crippen LogP contribution in [0, 0.1) is 0 Å². The van der Waals surface area contributed by atoms with Gasteiger partial charge in [-0.15, -0.1) is 0 Å². The Hall–Kier alpha value is -1.38. The number of hydrogen-bond donors (Lipinski definition) is 1. The van der Waals surface area contributed by atoms with Gasteiger partial charge in [-0.05, 0) is 32.9 Å². The van der Waals surface area contributed by atoms with E-state index in [0.717, 1.165) is 0 Å². The molecule has 0 aliphatic carbocycles. The number of phenols is 1. The quantitative estimate of drug-likeness (QED) is 0.790. The third-order valence-corrected chi connectivity index (χ3v) is 1.59. The zero-order valence-electron chi connectivity index (χ0n) is 9.00. The van der Waals surface area contributed by atoms with Crippen LogP contribution >= 0.6 is 0 Å². The molecule has 0 unspecified atom stereocenters. The summed E-state index contributed by atoms with van der Waals surface area (Å²) in [7, 11) is 1.55.